The summed E-state index contributed by atoms with van der Waals surface area (Å²) in [5, 5.41) is 15.3. The van der Waals surface area contributed by atoms with Crippen LogP contribution in [0.15, 0.2) is 72.9 Å². The maximum absolute atomic E-state index is 15.0. The van der Waals surface area contributed by atoms with Crippen LogP contribution in [0.1, 0.15) is 50.9 Å². The van der Waals surface area contributed by atoms with Gasteiger partial charge in [0, 0.05) is 74.3 Å². The summed E-state index contributed by atoms with van der Waals surface area (Å²) in [5.74, 6) is -3.71. The highest BCUT2D eigenvalue weighted by atomic mass is 19.1. The van der Waals surface area contributed by atoms with Crippen molar-refractivity contribution in [2.45, 2.75) is 52.2 Å². The molecule has 51 heavy (non-hydrogen) atoms. The van der Waals surface area contributed by atoms with Crippen LogP contribution in [-0.2, 0) is 30.5 Å². The van der Waals surface area contributed by atoms with Crippen molar-refractivity contribution >= 4 is 29.5 Å². The minimum Gasteiger partial charge on any atom is -0.387 e. The van der Waals surface area contributed by atoms with Gasteiger partial charge in [-0.3, -0.25) is 28.9 Å². The summed E-state index contributed by atoms with van der Waals surface area (Å²) in [5.41, 5.74) is 7.57. The first-order chi connectivity index (χ1) is 24.2. The highest BCUT2D eigenvalue weighted by molar-refractivity contribution is 6.13. The van der Waals surface area contributed by atoms with Crippen molar-refractivity contribution in [2.24, 2.45) is 11.1 Å². The molecule has 2 aromatic carbocycles. The third-order valence-electron chi connectivity index (χ3n) is 8.46. The third-order valence-corrected chi connectivity index (χ3v) is 8.46. The lowest BCUT2D eigenvalue weighted by Gasteiger charge is -2.41. The topological polar surface area (TPSA) is 167 Å². The molecule has 1 aliphatic heterocycles. The standard InChI is InChI=1S/C37H44F2N6O6/c1-37(2,3)35(30-19-25(27-20-26(38)9-10-28(27)39)22-43(30)21-24-7-5-4-6-8-24)45(34(50)23-46)17-13-29(40)36(51)42-16-15-41-31(47)14-18-44-32(48)11-12-33(44)49/h4-12,19-20,22,29,35,46H,13-18,21,23,40H2,1-3H3,(H,41,47)(H,42,51)/t29-,35-/m0/s1. The number of hydrogen-bond acceptors (Lipinski definition) is 7. The Kier molecular flexibility index (Phi) is 13.0. The molecule has 0 aliphatic carbocycles. The van der Waals surface area contributed by atoms with Gasteiger partial charge in [0.05, 0.1) is 12.1 Å². The molecule has 5 N–H and O–H groups in total. The Balaban J connectivity index is 1.47. The molecule has 5 amide bonds. The van der Waals surface area contributed by atoms with E-state index in [2.05, 4.69) is 10.6 Å². The van der Waals surface area contributed by atoms with E-state index in [-0.39, 0.29) is 44.6 Å². The Morgan fingerprint density at radius 1 is 0.961 bits per heavy atom. The van der Waals surface area contributed by atoms with Gasteiger partial charge in [-0.2, -0.15) is 0 Å². The zero-order valence-electron chi connectivity index (χ0n) is 28.9. The van der Waals surface area contributed by atoms with Gasteiger partial charge in [-0.15, -0.1) is 0 Å². The number of hydrogen-bond donors (Lipinski definition) is 4. The Morgan fingerprint density at radius 3 is 2.27 bits per heavy atom. The number of benzene rings is 2. The van der Waals surface area contributed by atoms with E-state index in [1.807, 2.05) is 55.7 Å². The number of aliphatic hydroxyl groups excluding tert-OH is 1. The molecule has 2 heterocycles. The highest BCUT2D eigenvalue weighted by Gasteiger charge is 2.37. The summed E-state index contributed by atoms with van der Waals surface area (Å²) in [6, 6.07) is 12.7. The zero-order valence-corrected chi connectivity index (χ0v) is 28.9. The van der Waals surface area contributed by atoms with Crippen molar-refractivity contribution in [3.05, 3.63) is 95.8 Å². The summed E-state index contributed by atoms with van der Waals surface area (Å²) in [7, 11) is 0. The zero-order chi connectivity index (χ0) is 37.3. The van der Waals surface area contributed by atoms with Crippen molar-refractivity contribution in [3.8, 4) is 11.1 Å². The number of nitrogens with zero attached hydrogens (tertiary/aromatic N) is 3. The van der Waals surface area contributed by atoms with E-state index in [0.717, 1.165) is 40.8 Å². The molecular formula is C37H44F2N6O6. The number of amides is 5. The Morgan fingerprint density at radius 2 is 1.63 bits per heavy atom. The molecular weight excluding hydrogens is 662 g/mol. The molecule has 4 rings (SSSR count). The van der Waals surface area contributed by atoms with E-state index in [9.17, 15) is 37.9 Å². The van der Waals surface area contributed by atoms with Gasteiger partial charge in [-0.25, -0.2) is 8.78 Å². The summed E-state index contributed by atoms with van der Waals surface area (Å²) < 4.78 is 31.1. The second kappa shape index (κ2) is 17.1. The van der Waals surface area contributed by atoms with E-state index < -0.39 is 65.3 Å². The Labute approximate surface area is 295 Å². The molecule has 0 radical (unpaired) electrons. The quantitative estimate of drug-likeness (QED) is 0.131. The van der Waals surface area contributed by atoms with Gasteiger partial charge in [0.1, 0.15) is 18.2 Å². The average Bonchev–Trinajstić information content (AvgIpc) is 3.64. The number of carbonyl (C=O) groups excluding carboxylic acids is 5. The lowest BCUT2D eigenvalue weighted by atomic mass is 9.82. The van der Waals surface area contributed by atoms with E-state index in [1.165, 1.54) is 4.90 Å². The molecule has 0 bridgehead atoms. The number of aliphatic hydroxyl groups is 1. The molecule has 12 nitrogen and oxygen atoms in total. The Bertz CT molecular complexity index is 1750. The van der Waals surface area contributed by atoms with E-state index in [1.54, 1.807) is 12.3 Å². The molecule has 0 fully saturated rings. The summed E-state index contributed by atoms with van der Waals surface area (Å²) in [6.45, 7) is 5.33. The molecule has 0 saturated carbocycles. The van der Waals surface area contributed by atoms with Crippen LogP contribution >= 0.6 is 0 Å². The molecule has 0 saturated heterocycles. The van der Waals surface area contributed by atoms with Crippen LogP contribution < -0.4 is 16.4 Å². The van der Waals surface area contributed by atoms with Crippen LogP contribution in [0.25, 0.3) is 11.1 Å². The molecule has 14 heteroatoms. The normalized spacial score (nSPS) is 14.1. The predicted molar refractivity (Wildman–Crippen MR) is 185 cm³/mol. The van der Waals surface area contributed by atoms with E-state index >= 15 is 0 Å². The second-order valence-electron chi connectivity index (χ2n) is 13.4. The smallest absolute Gasteiger partial charge is 0.253 e. The molecule has 0 unspecified atom stereocenters. The molecule has 1 aliphatic rings. The predicted octanol–water partition coefficient (Wildman–Crippen LogP) is 2.65. The van der Waals surface area contributed by atoms with E-state index in [4.69, 9.17) is 5.73 Å². The first kappa shape index (κ1) is 38.6. The fourth-order valence-electron chi connectivity index (χ4n) is 5.98. The van der Waals surface area contributed by atoms with E-state index in [0.29, 0.717) is 17.8 Å². The largest absolute Gasteiger partial charge is 0.387 e. The van der Waals surface area contributed by atoms with Gasteiger partial charge in [0.15, 0.2) is 0 Å². The fraction of sp³-hybridized carbons (Fsp3) is 0.378. The van der Waals surface area contributed by atoms with Crippen LogP contribution in [0.2, 0.25) is 0 Å². The second-order valence-corrected chi connectivity index (χ2v) is 13.4. The van der Waals surface area contributed by atoms with Gasteiger partial charge in [0.2, 0.25) is 17.7 Å². The molecule has 0 spiro atoms. The fourth-order valence-corrected chi connectivity index (χ4v) is 5.98. The van der Waals surface area contributed by atoms with Crippen molar-refractivity contribution in [1.82, 2.24) is 25.0 Å². The lowest BCUT2D eigenvalue weighted by molar-refractivity contribution is -0.140. The van der Waals surface area contributed by atoms with Gasteiger partial charge in [-0.05, 0) is 41.7 Å². The number of halogens is 2. The number of aromatic nitrogens is 1. The number of imide groups is 1. The molecule has 1 aromatic heterocycles. The average molecular weight is 707 g/mol. The molecule has 272 valence electrons. The highest BCUT2D eigenvalue weighted by Crippen LogP contribution is 2.41. The van der Waals surface area contributed by atoms with Crippen molar-refractivity contribution in [3.63, 3.8) is 0 Å². The number of nitrogens with one attached hydrogen (secondary N) is 2. The van der Waals surface area contributed by atoms with Gasteiger partial charge >= 0.3 is 0 Å². The maximum Gasteiger partial charge on any atom is 0.253 e. The van der Waals surface area contributed by atoms with Gasteiger partial charge in [0.25, 0.3) is 11.8 Å². The minimum atomic E-state index is -1.05. The molecule has 3 aromatic rings. The molecule has 2 atom stereocenters. The summed E-state index contributed by atoms with van der Waals surface area (Å²) in [4.78, 5) is 64.1. The summed E-state index contributed by atoms with van der Waals surface area (Å²) >= 11 is 0. The first-order valence-corrected chi connectivity index (χ1v) is 16.6. The van der Waals surface area contributed by atoms with Crippen LogP contribution in [-0.4, -0.2) is 87.8 Å². The van der Waals surface area contributed by atoms with Crippen LogP contribution in [0.4, 0.5) is 8.78 Å². The Hall–Kier alpha value is -5.21. The van der Waals surface area contributed by atoms with Crippen LogP contribution in [0.5, 0.6) is 0 Å². The van der Waals surface area contributed by atoms with Crippen LogP contribution in [0.3, 0.4) is 0 Å². The number of rotatable bonds is 16. The lowest BCUT2D eigenvalue weighted by Crippen LogP contribution is -2.48. The number of nitrogens with two attached hydrogens (primary N) is 1. The van der Waals surface area contributed by atoms with Crippen molar-refractivity contribution < 1.29 is 37.9 Å². The maximum atomic E-state index is 15.0. The van der Waals surface area contributed by atoms with Gasteiger partial charge < -0.3 is 30.9 Å². The van der Waals surface area contributed by atoms with Gasteiger partial charge in [-0.1, -0.05) is 51.1 Å². The third kappa shape index (κ3) is 10.2. The van der Waals surface area contributed by atoms with Crippen LogP contribution in [0, 0.1) is 17.0 Å². The summed E-state index contributed by atoms with van der Waals surface area (Å²) in [6.07, 6.45) is 3.91. The minimum absolute atomic E-state index is 0.0182. The SMILES string of the molecule is CC(C)(C)[C@H](c1cc(-c2cc(F)ccc2F)cn1Cc1ccccc1)N(CC[C@H](N)C(=O)NCCNC(=O)CCN1C(=O)C=CC1=O)C(=O)CO. The monoisotopic (exact) mass is 706 g/mol. The number of carbonyl (C=O) groups is 5. The van der Waals surface area contributed by atoms with Crippen molar-refractivity contribution in [1.29, 1.82) is 0 Å². The van der Waals surface area contributed by atoms with Crippen molar-refractivity contribution in [2.75, 3.05) is 32.8 Å². The first-order valence-electron chi connectivity index (χ1n) is 16.6.